The molecule has 0 spiro atoms. The molecule has 2 fully saturated rings. The Morgan fingerprint density at radius 3 is 2.74 bits per heavy atom. The first kappa shape index (κ1) is 12.7. The summed E-state index contributed by atoms with van der Waals surface area (Å²) in [6, 6.07) is 2.11. The van der Waals surface area contributed by atoms with Crippen LogP contribution in [0.3, 0.4) is 0 Å². The van der Waals surface area contributed by atoms with Crippen molar-refractivity contribution >= 4 is 5.91 Å². The van der Waals surface area contributed by atoms with Crippen molar-refractivity contribution < 1.29 is 4.79 Å². The molecule has 0 saturated carbocycles. The van der Waals surface area contributed by atoms with Crippen LogP contribution in [0.15, 0.2) is 12.3 Å². The average Bonchev–Trinajstić information content (AvgIpc) is 3.02. The van der Waals surface area contributed by atoms with Gasteiger partial charge in [0.1, 0.15) is 0 Å². The highest BCUT2D eigenvalue weighted by Crippen LogP contribution is 2.26. The van der Waals surface area contributed by atoms with Crippen molar-refractivity contribution in [1.82, 2.24) is 20.4 Å². The number of aromatic nitrogens is 2. The van der Waals surface area contributed by atoms with Crippen LogP contribution in [-0.4, -0.2) is 46.7 Å². The fourth-order valence-corrected chi connectivity index (χ4v) is 3.19. The molecule has 3 rings (SSSR count). The monoisotopic (exact) mass is 262 g/mol. The van der Waals surface area contributed by atoms with Gasteiger partial charge in [-0.05, 0) is 38.3 Å². The van der Waals surface area contributed by atoms with Gasteiger partial charge in [-0.25, -0.2) is 0 Å². The molecule has 0 radical (unpaired) electrons. The second kappa shape index (κ2) is 5.74. The molecule has 5 heteroatoms. The molecule has 104 valence electrons. The lowest BCUT2D eigenvalue weighted by molar-refractivity contribution is -0.135. The summed E-state index contributed by atoms with van der Waals surface area (Å²) in [6.07, 6.45) is 7.26. The van der Waals surface area contributed by atoms with Gasteiger partial charge in [0.05, 0.1) is 6.04 Å². The zero-order valence-electron chi connectivity index (χ0n) is 11.3. The Bertz CT molecular complexity index is 403. The number of likely N-dealkylation sites (tertiary alicyclic amines) is 1. The molecular weight excluding hydrogens is 240 g/mol. The maximum absolute atomic E-state index is 12.4. The van der Waals surface area contributed by atoms with E-state index in [-0.39, 0.29) is 6.04 Å². The largest absolute Gasteiger partial charge is 0.341 e. The van der Waals surface area contributed by atoms with E-state index in [9.17, 15) is 4.79 Å². The van der Waals surface area contributed by atoms with Crippen LogP contribution in [0, 0.1) is 0 Å². The number of carbonyl (C=O) groups excluding carboxylic acids is 1. The summed E-state index contributed by atoms with van der Waals surface area (Å²) in [4.78, 5) is 14.4. The van der Waals surface area contributed by atoms with Crippen LogP contribution in [0.4, 0.5) is 0 Å². The van der Waals surface area contributed by atoms with E-state index in [1.54, 1.807) is 6.20 Å². The molecule has 0 aromatic carbocycles. The molecule has 2 N–H and O–H groups in total. The third kappa shape index (κ3) is 2.81. The van der Waals surface area contributed by atoms with Crippen LogP contribution >= 0.6 is 0 Å². The Labute approximate surface area is 113 Å². The van der Waals surface area contributed by atoms with Crippen molar-refractivity contribution in [3.8, 4) is 0 Å². The van der Waals surface area contributed by atoms with Gasteiger partial charge < -0.3 is 10.2 Å². The summed E-state index contributed by atoms with van der Waals surface area (Å²) in [5.41, 5.74) is 1.21. The smallest absolute Gasteiger partial charge is 0.239 e. The number of nitrogens with zero attached hydrogens (tertiary/aromatic N) is 2. The first-order valence-electron chi connectivity index (χ1n) is 7.36. The van der Waals surface area contributed by atoms with Crippen molar-refractivity contribution in [1.29, 1.82) is 0 Å². The molecule has 2 aliphatic rings. The predicted molar refractivity (Wildman–Crippen MR) is 72.8 cm³/mol. The molecule has 0 unspecified atom stereocenters. The summed E-state index contributed by atoms with van der Waals surface area (Å²) in [5.74, 6) is 0.841. The number of carbonyl (C=O) groups is 1. The average molecular weight is 262 g/mol. The third-order valence-electron chi connectivity index (χ3n) is 4.38. The highest BCUT2D eigenvalue weighted by molar-refractivity contribution is 5.82. The minimum Gasteiger partial charge on any atom is -0.341 e. The Morgan fingerprint density at radius 2 is 2.11 bits per heavy atom. The molecule has 1 aromatic heterocycles. The van der Waals surface area contributed by atoms with Crippen LogP contribution in [0.1, 0.15) is 43.7 Å². The first-order valence-corrected chi connectivity index (χ1v) is 7.36. The highest BCUT2D eigenvalue weighted by Gasteiger charge is 2.29. The number of hydrogen-bond acceptors (Lipinski definition) is 3. The zero-order chi connectivity index (χ0) is 13.1. The number of aromatic amines is 1. The molecule has 1 aromatic rings. The van der Waals surface area contributed by atoms with Crippen LogP contribution < -0.4 is 5.32 Å². The predicted octanol–water partition coefficient (Wildman–Crippen LogP) is 1.26. The second-order valence-electron chi connectivity index (χ2n) is 5.61. The summed E-state index contributed by atoms with van der Waals surface area (Å²) >= 11 is 0. The fourth-order valence-electron chi connectivity index (χ4n) is 3.19. The van der Waals surface area contributed by atoms with Crippen LogP contribution in [0.2, 0.25) is 0 Å². The molecule has 5 nitrogen and oxygen atoms in total. The van der Waals surface area contributed by atoms with Crippen LogP contribution in [0.5, 0.6) is 0 Å². The van der Waals surface area contributed by atoms with E-state index in [4.69, 9.17) is 0 Å². The van der Waals surface area contributed by atoms with Crippen molar-refractivity contribution in [3.63, 3.8) is 0 Å². The van der Waals surface area contributed by atoms with E-state index in [1.807, 2.05) is 11.0 Å². The maximum atomic E-state index is 12.4. The maximum Gasteiger partial charge on any atom is 0.239 e. The summed E-state index contributed by atoms with van der Waals surface area (Å²) < 4.78 is 0. The van der Waals surface area contributed by atoms with Gasteiger partial charge >= 0.3 is 0 Å². The van der Waals surface area contributed by atoms with Gasteiger partial charge in [-0.15, -0.1) is 0 Å². The quantitative estimate of drug-likeness (QED) is 0.843. The third-order valence-corrected chi connectivity index (χ3v) is 4.38. The minimum absolute atomic E-state index is 0.0671. The summed E-state index contributed by atoms with van der Waals surface area (Å²) in [6.45, 7) is 2.74. The molecule has 3 heterocycles. The second-order valence-corrected chi connectivity index (χ2v) is 5.61. The zero-order valence-corrected chi connectivity index (χ0v) is 11.3. The Hall–Kier alpha value is -1.36. The number of hydrogen-bond donors (Lipinski definition) is 2. The molecule has 0 bridgehead atoms. The molecule has 1 atom stereocenters. The van der Waals surface area contributed by atoms with E-state index < -0.39 is 0 Å². The molecule has 19 heavy (non-hydrogen) atoms. The summed E-state index contributed by atoms with van der Waals surface area (Å²) in [5, 5.41) is 10.4. The van der Waals surface area contributed by atoms with Gasteiger partial charge in [-0.3, -0.25) is 9.89 Å². The van der Waals surface area contributed by atoms with E-state index >= 15 is 0 Å². The minimum atomic E-state index is 0.0671. The fraction of sp³-hybridized carbons (Fsp3) is 0.714. The number of H-pyrrole nitrogens is 1. The SMILES string of the molecule is O=C([C@H]1CCCCN1)N1CCC(c2ccn[nH]2)CC1. The highest BCUT2D eigenvalue weighted by atomic mass is 16.2. The number of piperidine rings is 2. The Balaban J connectivity index is 1.53. The lowest BCUT2D eigenvalue weighted by Crippen LogP contribution is -2.50. The lowest BCUT2D eigenvalue weighted by atomic mass is 9.93. The normalized spacial score (nSPS) is 25.5. The number of rotatable bonds is 2. The van der Waals surface area contributed by atoms with Gasteiger partial charge in [0.15, 0.2) is 0 Å². The first-order chi connectivity index (χ1) is 9.34. The van der Waals surface area contributed by atoms with Crippen molar-refractivity contribution in [2.45, 2.75) is 44.1 Å². The van der Waals surface area contributed by atoms with E-state index in [0.29, 0.717) is 11.8 Å². The summed E-state index contributed by atoms with van der Waals surface area (Å²) in [7, 11) is 0. The van der Waals surface area contributed by atoms with Crippen LogP contribution in [-0.2, 0) is 4.79 Å². The van der Waals surface area contributed by atoms with Gasteiger partial charge in [0.25, 0.3) is 0 Å². The standard InChI is InChI=1S/C14H22N4O/c19-14(13-3-1-2-7-15-13)18-9-5-11(6-10-18)12-4-8-16-17-12/h4,8,11,13,15H,1-3,5-7,9-10H2,(H,16,17)/t13-/m1/s1. The molecule has 0 aliphatic carbocycles. The van der Waals surface area contributed by atoms with Crippen LogP contribution in [0.25, 0.3) is 0 Å². The van der Waals surface area contributed by atoms with E-state index in [1.165, 1.54) is 18.5 Å². The van der Waals surface area contributed by atoms with Crippen molar-refractivity contribution in [2.24, 2.45) is 0 Å². The number of nitrogens with one attached hydrogen (secondary N) is 2. The molecule has 2 aliphatic heterocycles. The molecule has 1 amide bonds. The van der Waals surface area contributed by atoms with E-state index in [2.05, 4.69) is 15.5 Å². The van der Waals surface area contributed by atoms with Crippen molar-refractivity contribution in [2.75, 3.05) is 19.6 Å². The molecular formula is C14H22N4O. The molecule has 2 saturated heterocycles. The Kier molecular flexibility index (Phi) is 3.82. The van der Waals surface area contributed by atoms with Gasteiger partial charge in [-0.1, -0.05) is 6.42 Å². The topological polar surface area (TPSA) is 61.0 Å². The van der Waals surface area contributed by atoms with Crippen molar-refractivity contribution in [3.05, 3.63) is 18.0 Å². The number of amides is 1. The van der Waals surface area contributed by atoms with Gasteiger partial charge in [-0.2, -0.15) is 5.10 Å². The van der Waals surface area contributed by atoms with E-state index in [0.717, 1.165) is 38.9 Å². The van der Waals surface area contributed by atoms with Gasteiger partial charge in [0, 0.05) is 30.9 Å². The Morgan fingerprint density at radius 1 is 1.26 bits per heavy atom. The lowest BCUT2D eigenvalue weighted by Gasteiger charge is -2.35. The van der Waals surface area contributed by atoms with Gasteiger partial charge in [0.2, 0.25) is 5.91 Å².